The highest BCUT2D eigenvalue weighted by Crippen LogP contribution is 2.11. The number of rotatable bonds is 1. The van der Waals surface area contributed by atoms with E-state index in [1.165, 1.54) is 4.68 Å². The smallest absolute Gasteiger partial charge is 0.246 e. The molecular formula is C5H6BrFN2. The summed E-state index contributed by atoms with van der Waals surface area (Å²) in [4.78, 5) is 0. The Hall–Kier alpha value is -0.380. The van der Waals surface area contributed by atoms with Gasteiger partial charge in [-0.25, -0.2) is 0 Å². The maximum atomic E-state index is 12.3. The quantitative estimate of drug-likeness (QED) is 0.664. The summed E-state index contributed by atoms with van der Waals surface area (Å²) in [5.74, 6) is -0.447. The summed E-state index contributed by atoms with van der Waals surface area (Å²) >= 11 is 3.00. The monoisotopic (exact) mass is 192 g/mol. The maximum absolute atomic E-state index is 12.3. The number of aryl methyl sites for hydroxylation is 1. The number of hydrogen-bond donors (Lipinski definition) is 0. The normalized spacial score (nSPS) is 10.1. The van der Waals surface area contributed by atoms with Crippen LogP contribution >= 0.6 is 15.9 Å². The highest BCUT2D eigenvalue weighted by atomic mass is 79.9. The average molecular weight is 193 g/mol. The molecule has 0 fully saturated rings. The molecule has 0 radical (unpaired) electrons. The first-order valence-electron chi connectivity index (χ1n) is 2.62. The van der Waals surface area contributed by atoms with E-state index in [1.807, 2.05) is 6.92 Å². The molecule has 1 aromatic heterocycles. The van der Waals surface area contributed by atoms with E-state index in [0.29, 0.717) is 11.0 Å². The van der Waals surface area contributed by atoms with Crippen molar-refractivity contribution in [1.29, 1.82) is 0 Å². The SMILES string of the molecule is CCn1cc(Br)c(F)n1. The molecule has 1 heterocycles. The van der Waals surface area contributed by atoms with Crippen molar-refractivity contribution in [1.82, 2.24) is 9.78 Å². The lowest BCUT2D eigenvalue weighted by Crippen LogP contribution is -1.93. The molecule has 0 unspecified atom stereocenters. The number of hydrogen-bond acceptors (Lipinski definition) is 1. The summed E-state index contributed by atoms with van der Waals surface area (Å²) in [5.41, 5.74) is 0. The van der Waals surface area contributed by atoms with Crippen LogP contribution in [0.25, 0.3) is 0 Å². The van der Waals surface area contributed by atoms with E-state index in [1.54, 1.807) is 6.20 Å². The Balaban J connectivity index is 2.98. The summed E-state index contributed by atoms with van der Waals surface area (Å²) < 4.78 is 14.3. The highest BCUT2D eigenvalue weighted by molar-refractivity contribution is 9.10. The van der Waals surface area contributed by atoms with E-state index >= 15 is 0 Å². The van der Waals surface area contributed by atoms with Crippen molar-refractivity contribution < 1.29 is 4.39 Å². The molecule has 0 aromatic carbocycles. The Morgan fingerprint density at radius 3 is 2.78 bits per heavy atom. The molecule has 0 aliphatic carbocycles. The standard InChI is InChI=1S/C5H6BrFN2/c1-2-9-3-4(6)5(7)8-9/h3H,2H2,1H3. The number of halogens is 2. The van der Waals surface area contributed by atoms with E-state index in [4.69, 9.17) is 0 Å². The van der Waals surface area contributed by atoms with Gasteiger partial charge in [0.2, 0.25) is 5.95 Å². The first kappa shape index (κ1) is 6.74. The van der Waals surface area contributed by atoms with Crippen LogP contribution in [-0.4, -0.2) is 9.78 Å². The van der Waals surface area contributed by atoms with Crippen LogP contribution in [-0.2, 0) is 6.54 Å². The second-order valence-corrected chi connectivity index (χ2v) is 2.48. The lowest BCUT2D eigenvalue weighted by molar-refractivity contribution is 0.531. The molecule has 0 saturated heterocycles. The van der Waals surface area contributed by atoms with Gasteiger partial charge < -0.3 is 0 Å². The molecule has 50 valence electrons. The lowest BCUT2D eigenvalue weighted by atomic mass is 10.7. The topological polar surface area (TPSA) is 17.8 Å². The van der Waals surface area contributed by atoms with Gasteiger partial charge in [-0.2, -0.15) is 4.39 Å². The van der Waals surface area contributed by atoms with Crippen LogP contribution in [0.3, 0.4) is 0 Å². The minimum absolute atomic E-state index is 0.421. The first-order chi connectivity index (χ1) is 4.24. The van der Waals surface area contributed by atoms with E-state index in [9.17, 15) is 4.39 Å². The molecule has 0 saturated carbocycles. The number of aromatic nitrogens is 2. The largest absolute Gasteiger partial charge is 0.269 e. The van der Waals surface area contributed by atoms with Crippen molar-refractivity contribution in [3.8, 4) is 0 Å². The van der Waals surface area contributed by atoms with Gasteiger partial charge in [0, 0.05) is 12.7 Å². The van der Waals surface area contributed by atoms with Crippen molar-refractivity contribution >= 4 is 15.9 Å². The van der Waals surface area contributed by atoms with E-state index < -0.39 is 5.95 Å². The summed E-state index contributed by atoms with van der Waals surface area (Å²) in [6.45, 7) is 2.60. The van der Waals surface area contributed by atoms with Gasteiger partial charge in [0.1, 0.15) is 0 Å². The molecule has 0 spiro atoms. The molecule has 1 rings (SSSR count). The zero-order chi connectivity index (χ0) is 6.85. The van der Waals surface area contributed by atoms with Gasteiger partial charge in [-0.05, 0) is 22.9 Å². The summed E-state index contributed by atoms with van der Waals surface area (Å²) in [5, 5.41) is 3.53. The zero-order valence-corrected chi connectivity index (χ0v) is 6.52. The van der Waals surface area contributed by atoms with Gasteiger partial charge in [0.25, 0.3) is 0 Å². The molecule has 9 heavy (non-hydrogen) atoms. The Morgan fingerprint density at radius 2 is 2.56 bits per heavy atom. The molecule has 0 N–H and O–H groups in total. The van der Waals surface area contributed by atoms with Crippen LogP contribution in [0.2, 0.25) is 0 Å². The lowest BCUT2D eigenvalue weighted by Gasteiger charge is -1.87. The van der Waals surface area contributed by atoms with Gasteiger partial charge in [-0.3, -0.25) is 4.68 Å². The summed E-state index contributed by atoms with van der Waals surface area (Å²) in [7, 11) is 0. The molecule has 0 bridgehead atoms. The van der Waals surface area contributed by atoms with Crippen molar-refractivity contribution in [2.45, 2.75) is 13.5 Å². The van der Waals surface area contributed by atoms with Crippen LogP contribution in [0, 0.1) is 5.95 Å². The van der Waals surface area contributed by atoms with Gasteiger partial charge >= 0.3 is 0 Å². The van der Waals surface area contributed by atoms with Crippen LogP contribution < -0.4 is 0 Å². The summed E-state index contributed by atoms with van der Waals surface area (Å²) in [6.07, 6.45) is 1.61. The highest BCUT2D eigenvalue weighted by Gasteiger charge is 2.01. The molecule has 2 nitrogen and oxygen atoms in total. The molecular weight excluding hydrogens is 187 g/mol. The van der Waals surface area contributed by atoms with Crippen LogP contribution in [0.1, 0.15) is 6.92 Å². The van der Waals surface area contributed by atoms with Crippen LogP contribution in [0.5, 0.6) is 0 Å². The fraction of sp³-hybridized carbons (Fsp3) is 0.400. The average Bonchev–Trinajstić information content (AvgIpc) is 2.13. The molecule has 0 aliphatic heterocycles. The Morgan fingerprint density at radius 1 is 1.89 bits per heavy atom. The minimum atomic E-state index is -0.447. The van der Waals surface area contributed by atoms with E-state index in [-0.39, 0.29) is 0 Å². The molecule has 0 aliphatic rings. The van der Waals surface area contributed by atoms with Gasteiger partial charge in [0.15, 0.2) is 0 Å². The third kappa shape index (κ3) is 1.30. The Bertz CT molecular complexity index is 189. The van der Waals surface area contributed by atoms with E-state index in [0.717, 1.165) is 0 Å². The van der Waals surface area contributed by atoms with E-state index in [2.05, 4.69) is 21.0 Å². The van der Waals surface area contributed by atoms with Crippen molar-refractivity contribution in [2.24, 2.45) is 0 Å². The van der Waals surface area contributed by atoms with Crippen LogP contribution in [0.4, 0.5) is 4.39 Å². The zero-order valence-electron chi connectivity index (χ0n) is 4.93. The third-order valence-electron chi connectivity index (χ3n) is 1.000. The third-order valence-corrected chi connectivity index (χ3v) is 1.53. The van der Waals surface area contributed by atoms with Gasteiger partial charge in [-0.15, -0.1) is 5.10 Å². The molecule has 0 amide bonds. The predicted molar refractivity (Wildman–Crippen MR) is 35.6 cm³/mol. The molecule has 4 heteroatoms. The molecule has 0 atom stereocenters. The summed E-state index contributed by atoms with van der Waals surface area (Å²) in [6, 6.07) is 0. The fourth-order valence-corrected chi connectivity index (χ4v) is 0.851. The second kappa shape index (κ2) is 2.47. The van der Waals surface area contributed by atoms with Gasteiger partial charge in [0.05, 0.1) is 4.47 Å². The maximum Gasteiger partial charge on any atom is 0.246 e. The minimum Gasteiger partial charge on any atom is -0.269 e. The Kier molecular flexibility index (Phi) is 1.85. The fourth-order valence-electron chi connectivity index (χ4n) is 0.536. The second-order valence-electron chi connectivity index (χ2n) is 1.62. The molecule has 1 aromatic rings. The Labute approximate surface area is 60.8 Å². The van der Waals surface area contributed by atoms with Crippen molar-refractivity contribution in [3.63, 3.8) is 0 Å². The first-order valence-corrected chi connectivity index (χ1v) is 3.41. The van der Waals surface area contributed by atoms with Gasteiger partial charge in [-0.1, -0.05) is 0 Å². The van der Waals surface area contributed by atoms with Crippen molar-refractivity contribution in [2.75, 3.05) is 0 Å². The van der Waals surface area contributed by atoms with Crippen LogP contribution in [0.15, 0.2) is 10.7 Å². The predicted octanol–water partition coefficient (Wildman–Crippen LogP) is 1.80. The van der Waals surface area contributed by atoms with Crippen molar-refractivity contribution in [3.05, 3.63) is 16.6 Å². The number of nitrogens with zero attached hydrogens (tertiary/aromatic N) is 2.